The number of carbonyl (C=O) groups excluding carboxylic acids is 2. The molecule has 2 amide bonds. The maximum atomic E-state index is 13.3. The Kier molecular flexibility index (Phi) is 3.75. The highest BCUT2D eigenvalue weighted by atomic mass is 16.6. The van der Waals surface area contributed by atoms with Gasteiger partial charge in [-0.05, 0) is 48.2 Å². The van der Waals surface area contributed by atoms with E-state index in [1.807, 2.05) is 36.4 Å². The van der Waals surface area contributed by atoms with E-state index in [0.717, 1.165) is 29.0 Å². The van der Waals surface area contributed by atoms with E-state index in [1.165, 1.54) is 4.90 Å². The number of nitrogens with zero attached hydrogens (tertiary/aromatic N) is 3. The second-order valence-corrected chi connectivity index (χ2v) is 8.54. The Hall–Kier alpha value is -3.22. The minimum absolute atomic E-state index is 0.0415. The summed E-state index contributed by atoms with van der Waals surface area (Å²) in [6.45, 7) is 0.285. The van der Waals surface area contributed by atoms with Crippen molar-refractivity contribution in [3.63, 3.8) is 0 Å². The van der Waals surface area contributed by atoms with Crippen molar-refractivity contribution >= 4 is 17.5 Å². The summed E-state index contributed by atoms with van der Waals surface area (Å²) in [6.07, 6.45) is 4.11. The number of methoxy groups -OCH3 is 1. The van der Waals surface area contributed by atoms with Crippen molar-refractivity contribution in [3.05, 3.63) is 59.9 Å². The fourth-order valence-electron chi connectivity index (χ4n) is 6.02. The molecule has 7 nitrogen and oxygen atoms in total. The summed E-state index contributed by atoms with van der Waals surface area (Å²) < 4.78 is 5.25. The summed E-state index contributed by atoms with van der Waals surface area (Å²) in [4.78, 5) is 37.8. The Morgan fingerprint density at radius 3 is 2.53 bits per heavy atom. The lowest BCUT2D eigenvalue weighted by molar-refractivity contribution is -0.141. The first-order valence-corrected chi connectivity index (χ1v) is 10.3. The van der Waals surface area contributed by atoms with Crippen molar-refractivity contribution in [3.8, 4) is 5.75 Å². The molecule has 4 aliphatic rings. The van der Waals surface area contributed by atoms with Crippen molar-refractivity contribution in [2.24, 2.45) is 34.7 Å². The number of oxime groups is 1. The van der Waals surface area contributed by atoms with Gasteiger partial charge in [0.05, 0.1) is 31.2 Å². The largest absolute Gasteiger partial charge is 0.497 e. The van der Waals surface area contributed by atoms with Crippen LogP contribution in [0.2, 0.25) is 0 Å². The van der Waals surface area contributed by atoms with Gasteiger partial charge >= 0.3 is 0 Å². The molecule has 6 atom stereocenters. The molecular formula is C23H21N3O4. The lowest BCUT2D eigenvalue weighted by atomic mass is 9.71. The minimum Gasteiger partial charge on any atom is -0.497 e. The molecule has 30 heavy (non-hydrogen) atoms. The molecule has 3 fully saturated rings. The highest BCUT2D eigenvalue weighted by Crippen LogP contribution is 2.61. The zero-order valence-corrected chi connectivity index (χ0v) is 16.5. The first-order chi connectivity index (χ1) is 14.7. The van der Waals surface area contributed by atoms with Gasteiger partial charge in [0.25, 0.3) is 0 Å². The van der Waals surface area contributed by atoms with Crippen LogP contribution in [0.25, 0.3) is 0 Å². The minimum atomic E-state index is -0.286. The lowest BCUT2D eigenvalue weighted by Gasteiger charge is -2.29. The monoisotopic (exact) mass is 403 g/mol. The van der Waals surface area contributed by atoms with E-state index in [2.05, 4.69) is 10.1 Å². The number of aromatic nitrogens is 1. The molecule has 1 aromatic carbocycles. The van der Waals surface area contributed by atoms with Crippen molar-refractivity contribution < 1.29 is 19.2 Å². The summed E-state index contributed by atoms with van der Waals surface area (Å²) in [5.41, 5.74) is 2.74. The van der Waals surface area contributed by atoms with Crippen LogP contribution in [-0.4, -0.2) is 40.6 Å². The Morgan fingerprint density at radius 2 is 1.83 bits per heavy atom. The van der Waals surface area contributed by atoms with Crippen molar-refractivity contribution in [1.29, 1.82) is 0 Å². The second kappa shape index (κ2) is 6.39. The number of amides is 2. The molecule has 0 unspecified atom stereocenters. The van der Waals surface area contributed by atoms with Crippen LogP contribution in [0.4, 0.5) is 0 Å². The van der Waals surface area contributed by atoms with Crippen LogP contribution in [-0.2, 0) is 21.0 Å². The molecule has 0 N–H and O–H groups in total. The second-order valence-electron chi connectivity index (χ2n) is 8.54. The van der Waals surface area contributed by atoms with E-state index in [9.17, 15) is 9.59 Å². The number of imide groups is 1. The maximum Gasteiger partial charge on any atom is 0.233 e. The summed E-state index contributed by atoms with van der Waals surface area (Å²) in [5.74, 6) is 0.284. The summed E-state index contributed by atoms with van der Waals surface area (Å²) in [6, 6.07) is 11.5. The third-order valence-corrected chi connectivity index (χ3v) is 7.23. The average Bonchev–Trinajstić information content (AvgIpc) is 3.52. The van der Waals surface area contributed by atoms with Gasteiger partial charge in [-0.25, -0.2) is 0 Å². The lowest BCUT2D eigenvalue weighted by Crippen LogP contribution is -2.41. The number of carbonyl (C=O) groups is 2. The summed E-state index contributed by atoms with van der Waals surface area (Å²) >= 11 is 0. The number of hydrogen-bond acceptors (Lipinski definition) is 6. The van der Waals surface area contributed by atoms with Gasteiger partial charge in [0.1, 0.15) is 11.9 Å². The van der Waals surface area contributed by atoms with Gasteiger partial charge in [0.15, 0.2) is 0 Å². The maximum absolute atomic E-state index is 13.3. The first-order valence-electron chi connectivity index (χ1n) is 10.3. The molecular weight excluding hydrogens is 382 g/mol. The van der Waals surface area contributed by atoms with Crippen molar-refractivity contribution in [1.82, 2.24) is 9.88 Å². The Morgan fingerprint density at radius 1 is 1.07 bits per heavy atom. The van der Waals surface area contributed by atoms with Crippen molar-refractivity contribution in [2.45, 2.75) is 19.1 Å². The fourth-order valence-corrected chi connectivity index (χ4v) is 6.02. The summed E-state index contributed by atoms with van der Waals surface area (Å²) in [5, 5.41) is 4.38. The Labute approximate surface area is 173 Å². The molecule has 7 heteroatoms. The molecule has 1 saturated heterocycles. The third kappa shape index (κ3) is 2.32. The predicted molar refractivity (Wildman–Crippen MR) is 106 cm³/mol. The number of pyridine rings is 1. The van der Waals surface area contributed by atoms with Crippen LogP contribution >= 0.6 is 0 Å². The normalized spacial score (nSPS) is 33.4. The number of benzene rings is 1. The molecule has 2 aliphatic carbocycles. The average molecular weight is 403 g/mol. The molecule has 0 spiro atoms. The van der Waals surface area contributed by atoms with Gasteiger partial charge in [0.2, 0.25) is 11.8 Å². The Balaban J connectivity index is 1.28. The summed E-state index contributed by atoms with van der Waals surface area (Å²) in [7, 11) is 1.64. The zero-order valence-electron chi connectivity index (χ0n) is 16.5. The first kappa shape index (κ1) is 17.6. The molecule has 2 saturated carbocycles. The van der Waals surface area contributed by atoms with Crippen LogP contribution in [0.3, 0.4) is 0 Å². The number of ether oxygens (including phenoxy) is 1. The molecule has 152 valence electrons. The van der Waals surface area contributed by atoms with Gasteiger partial charge in [-0.2, -0.15) is 0 Å². The fraction of sp³-hybridized carbons (Fsp3) is 0.391. The van der Waals surface area contributed by atoms with Gasteiger partial charge in [-0.1, -0.05) is 11.2 Å². The smallest absolute Gasteiger partial charge is 0.233 e. The van der Waals surface area contributed by atoms with Gasteiger partial charge in [-0.3, -0.25) is 19.5 Å². The molecule has 2 aromatic rings. The van der Waals surface area contributed by atoms with Gasteiger partial charge in [-0.15, -0.1) is 0 Å². The molecule has 3 heterocycles. The van der Waals surface area contributed by atoms with Gasteiger partial charge < -0.3 is 9.57 Å². The van der Waals surface area contributed by atoms with E-state index in [0.29, 0.717) is 0 Å². The van der Waals surface area contributed by atoms with E-state index >= 15 is 0 Å². The van der Waals surface area contributed by atoms with Crippen LogP contribution in [0.5, 0.6) is 5.75 Å². The molecule has 0 radical (unpaired) electrons. The van der Waals surface area contributed by atoms with Gasteiger partial charge in [0, 0.05) is 29.8 Å². The van der Waals surface area contributed by atoms with E-state index in [1.54, 1.807) is 19.5 Å². The molecule has 6 rings (SSSR count). The van der Waals surface area contributed by atoms with E-state index in [-0.39, 0.29) is 54.1 Å². The quantitative estimate of drug-likeness (QED) is 0.732. The highest BCUT2D eigenvalue weighted by Gasteiger charge is 2.70. The highest BCUT2D eigenvalue weighted by molar-refractivity contribution is 6.08. The Bertz CT molecular complexity index is 1050. The van der Waals surface area contributed by atoms with Crippen LogP contribution in [0.15, 0.2) is 53.9 Å². The van der Waals surface area contributed by atoms with Crippen molar-refractivity contribution in [2.75, 3.05) is 7.11 Å². The standard InChI is InChI=1S/C23H21N3O4/c1-29-14-6-4-13(5-7-14)20-19-15-9-16(21(19)30-25-20)18-17(15)22(27)26(23(18)28)11-12-3-2-8-24-10-12/h2-8,10,15-19,21H,9,11H2,1H3/t15-,16+,17+,18-,19+,21+/m1/s1. The molecule has 1 aromatic heterocycles. The number of likely N-dealkylation sites (tertiary alicyclic amines) is 1. The van der Waals surface area contributed by atoms with Crippen LogP contribution < -0.4 is 4.74 Å². The zero-order chi connectivity index (χ0) is 20.4. The van der Waals surface area contributed by atoms with E-state index in [4.69, 9.17) is 9.57 Å². The van der Waals surface area contributed by atoms with Crippen LogP contribution in [0.1, 0.15) is 17.5 Å². The number of fused-ring (bicyclic) bond motifs is 8. The SMILES string of the molecule is COc1ccc(C2=NO[C@H]3[C@H]4C[C@@H]([C@@H]23)[C@@H]2C(=O)N(Cc3cccnc3)C(=O)[C@H]42)cc1. The topological polar surface area (TPSA) is 81.1 Å². The molecule has 2 aliphatic heterocycles. The van der Waals surface area contributed by atoms with Crippen LogP contribution in [0, 0.1) is 29.6 Å². The predicted octanol–water partition coefficient (Wildman–Crippen LogP) is 2.26. The number of rotatable bonds is 4. The number of hydrogen-bond donors (Lipinski definition) is 0. The van der Waals surface area contributed by atoms with E-state index < -0.39 is 0 Å². The third-order valence-electron chi connectivity index (χ3n) is 7.23. The molecule has 2 bridgehead atoms.